The summed E-state index contributed by atoms with van der Waals surface area (Å²) in [5.74, 6) is -0.0826. The molecule has 5 heteroatoms. The van der Waals surface area contributed by atoms with E-state index in [4.69, 9.17) is 4.42 Å². The molecule has 76 valence electrons. The number of carbonyl (C=O) groups excluding carboxylic acids is 2. The number of ketones is 1. The fourth-order valence-electron chi connectivity index (χ4n) is 1.26. The Morgan fingerprint density at radius 2 is 2.40 bits per heavy atom. The molecule has 2 aromatic rings. The predicted octanol–water partition coefficient (Wildman–Crippen LogP) is 1.35. The standard InChI is InChI=1S/C10H8N2O3/c1-6-10(15-5-12-6)9(14)7-2-8(4-13)11-3-7/h2-5,11H,1H3. The van der Waals surface area contributed by atoms with E-state index in [1.807, 2.05) is 0 Å². The van der Waals surface area contributed by atoms with Crippen molar-refractivity contribution in [2.75, 3.05) is 0 Å². The minimum atomic E-state index is -0.283. The van der Waals surface area contributed by atoms with Crippen LogP contribution in [0.3, 0.4) is 0 Å². The maximum Gasteiger partial charge on any atom is 0.231 e. The highest BCUT2D eigenvalue weighted by Gasteiger charge is 2.17. The van der Waals surface area contributed by atoms with Crippen LogP contribution in [0.15, 0.2) is 23.1 Å². The fraction of sp³-hybridized carbons (Fsp3) is 0.100. The molecule has 15 heavy (non-hydrogen) atoms. The van der Waals surface area contributed by atoms with Gasteiger partial charge in [-0.1, -0.05) is 0 Å². The molecule has 0 bridgehead atoms. The number of aromatic nitrogens is 2. The second kappa shape index (κ2) is 3.53. The first-order chi connectivity index (χ1) is 7.22. The van der Waals surface area contributed by atoms with Crippen molar-refractivity contribution in [1.29, 1.82) is 0 Å². The third kappa shape index (κ3) is 1.59. The van der Waals surface area contributed by atoms with Gasteiger partial charge in [-0.2, -0.15) is 0 Å². The first-order valence-corrected chi connectivity index (χ1v) is 4.30. The van der Waals surface area contributed by atoms with Gasteiger partial charge in [-0.05, 0) is 13.0 Å². The molecular formula is C10H8N2O3. The Morgan fingerprint density at radius 1 is 1.60 bits per heavy atom. The predicted molar refractivity (Wildman–Crippen MR) is 50.9 cm³/mol. The molecule has 0 aliphatic rings. The monoisotopic (exact) mass is 204 g/mol. The Labute approximate surface area is 85.1 Å². The van der Waals surface area contributed by atoms with E-state index in [0.29, 0.717) is 23.2 Å². The topological polar surface area (TPSA) is 76.0 Å². The first kappa shape index (κ1) is 9.39. The van der Waals surface area contributed by atoms with Crippen molar-refractivity contribution < 1.29 is 14.0 Å². The van der Waals surface area contributed by atoms with Crippen LogP contribution in [0.1, 0.15) is 32.3 Å². The second-order valence-electron chi connectivity index (χ2n) is 3.06. The lowest BCUT2D eigenvalue weighted by atomic mass is 10.1. The van der Waals surface area contributed by atoms with E-state index in [2.05, 4.69) is 9.97 Å². The fourth-order valence-corrected chi connectivity index (χ4v) is 1.26. The highest BCUT2D eigenvalue weighted by atomic mass is 16.3. The van der Waals surface area contributed by atoms with Gasteiger partial charge in [-0.25, -0.2) is 4.98 Å². The van der Waals surface area contributed by atoms with Crippen LogP contribution in [0.2, 0.25) is 0 Å². The van der Waals surface area contributed by atoms with E-state index in [9.17, 15) is 9.59 Å². The summed E-state index contributed by atoms with van der Waals surface area (Å²) in [6.07, 6.45) is 3.33. The molecule has 0 saturated heterocycles. The molecule has 5 nitrogen and oxygen atoms in total. The number of aldehydes is 1. The summed E-state index contributed by atoms with van der Waals surface area (Å²) in [5.41, 5.74) is 1.28. The normalized spacial score (nSPS) is 10.2. The van der Waals surface area contributed by atoms with Gasteiger partial charge in [0.1, 0.15) is 0 Å². The summed E-state index contributed by atoms with van der Waals surface area (Å²) in [6, 6.07) is 1.47. The minimum absolute atomic E-state index is 0.200. The maximum absolute atomic E-state index is 11.8. The van der Waals surface area contributed by atoms with Gasteiger partial charge in [0.15, 0.2) is 18.4 Å². The summed E-state index contributed by atoms with van der Waals surface area (Å²) in [7, 11) is 0. The Hall–Kier alpha value is -2.17. The van der Waals surface area contributed by atoms with Gasteiger partial charge >= 0.3 is 0 Å². The molecule has 0 saturated carbocycles. The summed E-state index contributed by atoms with van der Waals surface area (Å²) >= 11 is 0. The van der Waals surface area contributed by atoms with Crippen molar-refractivity contribution in [3.8, 4) is 0 Å². The summed E-state index contributed by atoms with van der Waals surface area (Å²) in [4.78, 5) is 28.7. The molecule has 0 radical (unpaired) electrons. The van der Waals surface area contributed by atoms with Crippen LogP contribution in [0.4, 0.5) is 0 Å². The van der Waals surface area contributed by atoms with E-state index in [1.54, 1.807) is 6.92 Å². The minimum Gasteiger partial charge on any atom is -0.440 e. The van der Waals surface area contributed by atoms with E-state index >= 15 is 0 Å². The molecule has 2 aromatic heterocycles. The van der Waals surface area contributed by atoms with Crippen LogP contribution in [0, 0.1) is 6.92 Å². The Bertz CT molecular complexity index is 510. The summed E-state index contributed by atoms with van der Waals surface area (Å²) < 4.78 is 4.96. The number of aromatic amines is 1. The number of hydrogen-bond donors (Lipinski definition) is 1. The zero-order chi connectivity index (χ0) is 10.8. The average molecular weight is 204 g/mol. The summed E-state index contributed by atoms with van der Waals surface area (Å²) in [5, 5.41) is 0. The lowest BCUT2D eigenvalue weighted by Crippen LogP contribution is -1.99. The van der Waals surface area contributed by atoms with Crippen molar-refractivity contribution in [1.82, 2.24) is 9.97 Å². The van der Waals surface area contributed by atoms with E-state index in [0.717, 1.165) is 0 Å². The zero-order valence-corrected chi connectivity index (χ0v) is 7.98. The summed E-state index contributed by atoms with van der Waals surface area (Å²) in [6.45, 7) is 1.68. The molecule has 0 atom stereocenters. The Kier molecular flexibility index (Phi) is 2.21. The quantitative estimate of drug-likeness (QED) is 0.604. The van der Waals surface area contributed by atoms with Crippen molar-refractivity contribution >= 4 is 12.1 Å². The lowest BCUT2D eigenvalue weighted by molar-refractivity contribution is 0.101. The van der Waals surface area contributed by atoms with E-state index in [1.165, 1.54) is 18.7 Å². The average Bonchev–Trinajstić information content (AvgIpc) is 2.84. The number of hydrogen-bond acceptors (Lipinski definition) is 4. The highest BCUT2D eigenvalue weighted by molar-refractivity contribution is 6.08. The first-order valence-electron chi connectivity index (χ1n) is 4.30. The van der Waals surface area contributed by atoms with E-state index in [-0.39, 0.29) is 11.5 Å². The maximum atomic E-state index is 11.8. The van der Waals surface area contributed by atoms with Gasteiger partial charge in [-0.3, -0.25) is 9.59 Å². The largest absolute Gasteiger partial charge is 0.440 e. The Balaban J connectivity index is 2.36. The smallest absolute Gasteiger partial charge is 0.231 e. The van der Waals surface area contributed by atoms with Crippen molar-refractivity contribution in [3.05, 3.63) is 41.4 Å². The van der Waals surface area contributed by atoms with Crippen LogP contribution < -0.4 is 0 Å². The molecule has 0 spiro atoms. The SMILES string of the molecule is Cc1ncoc1C(=O)c1c[nH]c(C=O)c1. The molecule has 0 aromatic carbocycles. The molecule has 1 N–H and O–H groups in total. The van der Waals surface area contributed by atoms with Crippen molar-refractivity contribution in [3.63, 3.8) is 0 Å². The molecule has 2 heterocycles. The van der Waals surface area contributed by atoms with Crippen LogP contribution in [0.25, 0.3) is 0 Å². The highest BCUT2D eigenvalue weighted by Crippen LogP contribution is 2.13. The number of carbonyl (C=O) groups is 2. The number of aryl methyl sites for hydroxylation is 1. The molecular weight excluding hydrogens is 196 g/mol. The van der Waals surface area contributed by atoms with Crippen LogP contribution in [0.5, 0.6) is 0 Å². The van der Waals surface area contributed by atoms with Gasteiger partial charge in [0.05, 0.1) is 11.4 Å². The van der Waals surface area contributed by atoms with Gasteiger partial charge in [0, 0.05) is 11.8 Å². The van der Waals surface area contributed by atoms with E-state index < -0.39 is 0 Å². The molecule has 0 aliphatic heterocycles. The van der Waals surface area contributed by atoms with Crippen molar-refractivity contribution in [2.45, 2.75) is 6.92 Å². The molecule has 2 rings (SSSR count). The van der Waals surface area contributed by atoms with Gasteiger partial charge in [0.2, 0.25) is 5.78 Å². The number of nitrogens with one attached hydrogen (secondary N) is 1. The van der Waals surface area contributed by atoms with Crippen LogP contribution >= 0.6 is 0 Å². The molecule has 0 unspecified atom stereocenters. The second-order valence-corrected chi connectivity index (χ2v) is 3.06. The van der Waals surface area contributed by atoms with Gasteiger partial charge in [-0.15, -0.1) is 0 Å². The zero-order valence-electron chi connectivity index (χ0n) is 7.98. The number of oxazole rings is 1. The third-order valence-corrected chi connectivity index (χ3v) is 2.05. The van der Waals surface area contributed by atoms with Crippen LogP contribution in [-0.2, 0) is 0 Å². The van der Waals surface area contributed by atoms with Crippen LogP contribution in [-0.4, -0.2) is 22.0 Å². The lowest BCUT2D eigenvalue weighted by Gasteiger charge is -1.92. The molecule has 0 amide bonds. The molecule has 0 aliphatic carbocycles. The third-order valence-electron chi connectivity index (χ3n) is 2.05. The Morgan fingerprint density at radius 3 is 2.93 bits per heavy atom. The van der Waals surface area contributed by atoms with Crippen molar-refractivity contribution in [2.24, 2.45) is 0 Å². The number of H-pyrrole nitrogens is 1. The molecule has 0 fully saturated rings. The van der Waals surface area contributed by atoms with Gasteiger partial charge < -0.3 is 9.40 Å². The number of rotatable bonds is 3. The van der Waals surface area contributed by atoms with Gasteiger partial charge in [0.25, 0.3) is 0 Å². The number of nitrogens with zero attached hydrogens (tertiary/aromatic N) is 1.